The van der Waals surface area contributed by atoms with Gasteiger partial charge in [-0.15, -0.1) is 11.3 Å². The van der Waals surface area contributed by atoms with Crippen molar-refractivity contribution in [1.29, 1.82) is 0 Å². The van der Waals surface area contributed by atoms with Crippen LogP contribution < -0.4 is 0 Å². The molecule has 1 N–H and O–H groups in total. The van der Waals surface area contributed by atoms with Gasteiger partial charge in [0.05, 0.1) is 12.7 Å². The normalized spacial score (nSPS) is 17.5. The van der Waals surface area contributed by atoms with Crippen LogP contribution in [0.3, 0.4) is 0 Å². The number of rotatable bonds is 4. The van der Waals surface area contributed by atoms with Crippen molar-refractivity contribution in [2.24, 2.45) is 0 Å². The van der Waals surface area contributed by atoms with Crippen LogP contribution in [-0.4, -0.2) is 30.4 Å². The van der Waals surface area contributed by atoms with E-state index in [-0.39, 0.29) is 6.10 Å². The van der Waals surface area contributed by atoms with Gasteiger partial charge in [-0.25, -0.2) is 4.79 Å². The molecule has 1 aliphatic heterocycles. The van der Waals surface area contributed by atoms with E-state index in [0.29, 0.717) is 11.5 Å². The molecular weight excluding hydrogens is 228 g/mol. The number of ether oxygens (including phenoxy) is 2. The molecule has 0 atom stereocenters. The topological polar surface area (TPSA) is 55.8 Å². The third kappa shape index (κ3) is 3.04. The predicted molar refractivity (Wildman–Crippen MR) is 59.9 cm³/mol. The van der Waals surface area contributed by atoms with E-state index in [4.69, 9.17) is 14.6 Å². The first-order chi connectivity index (χ1) is 7.75. The van der Waals surface area contributed by atoms with Gasteiger partial charge >= 0.3 is 5.97 Å². The van der Waals surface area contributed by atoms with Gasteiger partial charge in [-0.2, -0.15) is 0 Å². The lowest BCUT2D eigenvalue weighted by Crippen LogP contribution is -2.23. The third-order valence-corrected chi connectivity index (χ3v) is 3.55. The second-order valence-electron chi connectivity index (χ2n) is 3.69. The lowest BCUT2D eigenvalue weighted by molar-refractivity contribution is -0.0383. The quantitative estimate of drug-likeness (QED) is 0.878. The molecule has 1 aromatic heterocycles. The molecule has 0 aliphatic carbocycles. The molecular formula is C11H14O4S. The van der Waals surface area contributed by atoms with E-state index < -0.39 is 5.97 Å². The van der Waals surface area contributed by atoms with Gasteiger partial charge in [-0.3, -0.25) is 0 Å². The number of carboxylic acid groups (broad SMARTS) is 1. The second kappa shape index (κ2) is 5.43. The smallest absolute Gasteiger partial charge is 0.345 e. The van der Waals surface area contributed by atoms with Crippen LogP contribution in [0, 0.1) is 0 Å². The Morgan fingerprint density at radius 2 is 2.25 bits per heavy atom. The van der Waals surface area contributed by atoms with Crippen LogP contribution >= 0.6 is 11.3 Å². The van der Waals surface area contributed by atoms with Crippen molar-refractivity contribution in [3.63, 3.8) is 0 Å². The van der Waals surface area contributed by atoms with Gasteiger partial charge in [0, 0.05) is 18.1 Å². The number of hydrogen-bond donors (Lipinski definition) is 1. The molecule has 16 heavy (non-hydrogen) atoms. The minimum absolute atomic E-state index is 0.254. The minimum Gasteiger partial charge on any atom is -0.477 e. The fourth-order valence-corrected chi connectivity index (χ4v) is 2.38. The molecule has 1 saturated heterocycles. The second-order valence-corrected chi connectivity index (χ2v) is 4.86. The SMILES string of the molecule is O=C(O)c1ccc(COC2CCOCC2)s1. The summed E-state index contributed by atoms with van der Waals surface area (Å²) in [5, 5.41) is 8.77. The molecule has 1 fully saturated rings. The maximum atomic E-state index is 10.7. The fourth-order valence-electron chi connectivity index (χ4n) is 1.61. The van der Waals surface area contributed by atoms with Crippen molar-refractivity contribution in [1.82, 2.24) is 0 Å². The van der Waals surface area contributed by atoms with E-state index in [2.05, 4.69) is 0 Å². The first kappa shape index (κ1) is 11.6. The Balaban J connectivity index is 1.81. The summed E-state index contributed by atoms with van der Waals surface area (Å²) >= 11 is 1.27. The van der Waals surface area contributed by atoms with Crippen molar-refractivity contribution in [2.75, 3.05) is 13.2 Å². The zero-order valence-corrected chi connectivity index (χ0v) is 9.66. The van der Waals surface area contributed by atoms with Crippen LogP contribution in [0.5, 0.6) is 0 Å². The highest BCUT2D eigenvalue weighted by molar-refractivity contribution is 7.13. The van der Waals surface area contributed by atoms with Gasteiger partial charge in [0.2, 0.25) is 0 Å². The minimum atomic E-state index is -0.873. The summed E-state index contributed by atoms with van der Waals surface area (Å²) < 4.78 is 10.9. The monoisotopic (exact) mass is 242 g/mol. The molecule has 88 valence electrons. The van der Waals surface area contributed by atoms with E-state index in [1.54, 1.807) is 6.07 Å². The van der Waals surface area contributed by atoms with Gasteiger partial charge in [0.15, 0.2) is 0 Å². The first-order valence-corrected chi connectivity index (χ1v) is 6.08. The predicted octanol–water partition coefficient (Wildman–Crippen LogP) is 2.14. The van der Waals surface area contributed by atoms with Gasteiger partial charge in [0.25, 0.3) is 0 Å². The van der Waals surface area contributed by atoms with Crippen molar-refractivity contribution in [3.8, 4) is 0 Å². The molecule has 5 heteroatoms. The average Bonchev–Trinajstić information content (AvgIpc) is 2.76. The number of carbonyl (C=O) groups is 1. The number of carboxylic acids is 1. The van der Waals surface area contributed by atoms with E-state index in [1.165, 1.54) is 11.3 Å². The zero-order valence-electron chi connectivity index (χ0n) is 8.85. The van der Waals surface area contributed by atoms with Crippen LogP contribution in [0.2, 0.25) is 0 Å². The molecule has 4 nitrogen and oxygen atoms in total. The lowest BCUT2D eigenvalue weighted by atomic mass is 10.1. The van der Waals surface area contributed by atoms with Crippen LogP contribution in [0.25, 0.3) is 0 Å². The maximum Gasteiger partial charge on any atom is 0.345 e. The Morgan fingerprint density at radius 1 is 1.50 bits per heavy atom. The highest BCUT2D eigenvalue weighted by Gasteiger charge is 2.15. The van der Waals surface area contributed by atoms with Crippen molar-refractivity contribution in [2.45, 2.75) is 25.6 Å². The van der Waals surface area contributed by atoms with Gasteiger partial charge in [-0.1, -0.05) is 0 Å². The number of aromatic carboxylic acids is 1. The first-order valence-electron chi connectivity index (χ1n) is 5.27. The fraction of sp³-hybridized carbons (Fsp3) is 0.545. The summed E-state index contributed by atoms with van der Waals surface area (Å²) in [6, 6.07) is 3.43. The standard InChI is InChI=1S/C11H14O4S/c12-11(13)10-2-1-9(16-10)7-15-8-3-5-14-6-4-8/h1-2,8H,3-7H2,(H,12,13). The molecule has 0 amide bonds. The summed E-state index contributed by atoms with van der Waals surface area (Å²) in [6.07, 6.45) is 2.11. The summed E-state index contributed by atoms with van der Waals surface area (Å²) in [5.74, 6) is -0.873. The largest absolute Gasteiger partial charge is 0.477 e. The molecule has 1 aromatic rings. The molecule has 0 aromatic carbocycles. The van der Waals surface area contributed by atoms with Crippen molar-refractivity contribution in [3.05, 3.63) is 21.9 Å². The Kier molecular flexibility index (Phi) is 3.93. The van der Waals surface area contributed by atoms with Crippen LogP contribution in [0.1, 0.15) is 27.4 Å². The molecule has 2 heterocycles. The number of hydrogen-bond acceptors (Lipinski definition) is 4. The zero-order chi connectivity index (χ0) is 11.4. The lowest BCUT2D eigenvalue weighted by Gasteiger charge is -2.21. The van der Waals surface area contributed by atoms with E-state index >= 15 is 0 Å². The van der Waals surface area contributed by atoms with E-state index in [9.17, 15) is 4.79 Å². The molecule has 1 aliphatic rings. The van der Waals surface area contributed by atoms with E-state index in [1.807, 2.05) is 6.07 Å². The van der Waals surface area contributed by atoms with Crippen LogP contribution in [0.4, 0.5) is 0 Å². The summed E-state index contributed by atoms with van der Waals surface area (Å²) in [4.78, 5) is 12.0. The van der Waals surface area contributed by atoms with Gasteiger partial charge in [0.1, 0.15) is 4.88 Å². The van der Waals surface area contributed by atoms with Gasteiger partial charge < -0.3 is 14.6 Å². The summed E-state index contributed by atoms with van der Waals surface area (Å²) in [5.41, 5.74) is 0. The van der Waals surface area contributed by atoms with Gasteiger partial charge in [-0.05, 0) is 25.0 Å². The van der Waals surface area contributed by atoms with Crippen molar-refractivity contribution >= 4 is 17.3 Å². The Bertz CT molecular complexity index is 355. The maximum absolute atomic E-state index is 10.7. The Morgan fingerprint density at radius 3 is 2.88 bits per heavy atom. The van der Waals surface area contributed by atoms with Crippen LogP contribution in [-0.2, 0) is 16.1 Å². The third-order valence-electron chi connectivity index (χ3n) is 2.50. The molecule has 0 spiro atoms. The number of thiophene rings is 1. The molecule has 0 radical (unpaired) electrons. The molecule has 2 rings (SSSR count). The Hall–Kier alpha value is -0.910. The highest BCUT2D eigenvalue weighted by atomic mass is 32.1. The molecule has 0 saturated carbocycles. The summed E-state index contributed by atoms with van der Waals surface area (Å²) in [6.45, 7) is 2.02. The average molecular weight is 242 g/mol. The van der Waals surface area contributed by atoms with E-state index in [0.717, 1.165) is 30.9 Å². The molecule has 0 bridgehead atoms. The summed E-state index contributed by atoms with van der Waals surface area (Å²) in [7, 11) is 0. The van der Waals surface area contributed by atoms with Crippen LogP contribution in [0.15, 0.2) is 12.1 Å². The molecule has 0 unspecified atom stereocenters. The Labute approximate surface area is 97.8 Å². The van der Waals surface area contributed by atoms with Crippen molar-refractivity contribution < 1.29 is 19.4 Å². The highest BCUT2D eigenvalue weighted by Crippen LogP contribution is 2.19.